The molecule has 0 atom stereocenters. The third-order valence-electron chi connectivity index (χ3n) is 4.23. The first kappa shape index (κ1) is 22.9. The Morgan fingerprint density at radius 3 is 2.25 bits per heavy atom. The molecular weight excluding hydrogens is 453 g/mol. The number of ether oxygens (including phenoxy) is 2. The lowest BCUT2D eigenvalue weighted by atomic mass is 10.1. The molecule has 3 aromatic carbocycles. The minimum atomic E-state index is -4.75. The van der Waals surface area contributed by atoms with Gasteiger partial charge in [-0.2, -0.15) is 13.2 Å². The fourth-order valence-electron chi connectivity index (χ4n) is 2.67. The first-order valence-corrected chi connectivity index (χ1v) is 9.24. The number of anilines is 1. The second-order valence-corrected chi connectivity index (χ2v) is 6.80. The smallest absolute Gasteiger partial charge is 0.416 e. The summed E-state index contributed by atoms with van der Waals surface area (Å²) < 4.78 is 49.3. The second kappa shape index (κ2) is 9.15. The van der Waals surface area contributed by atoms with E-state index < -0.39 is 34.0 Å². The van der Waals surface area contributed by atoms with Gasteiger partial charge in [-0.3, -0.25) is 14.9 Å². The number of methoxy groups -OCH3 is 1. The molecule has 0 saturated heterocycles. The zero-order chi connectivity index (χ0) is 23.5. The Bertz CT molecular complexity index is 1170. The highest BCUT2D eigenvalue weighted by atomic mass is 35.5. The summed E-state index contributed by atoms with van der Waals surface area (Å²) in [6, 6.07) is 12.3. The van der Waals surface area contributed by atoms with E-state index in [1.165, 1.54) is 25.3 Å². The quantitative estimate of drug-likeness (QED) is 0.339. The molecule has 11 heteroatoms. The summed E-state index contributed by atoms with van der Waals surface area (Å²) >= 11 is 5.81. The third kappa shape index (κ3) is 5.27. The van der Waals surface area contributed by atoms with Gasteiger partial charge in [0.15, 0.2) is 11.5 Å². The summed E-state index contributed by atoms with van der Waals surface area (Å²) in [6.07, 6.45) is -4.75. The predicted octanol–water partition coefficient (Wildman–Crippen LogP) is 6.32. The summed E-state index contributed by atoms with van der Waals surface area (Å²) in [5.74, 6) is -0.876. The summed E-state index contributed by atoms with van der Waals surface area (Å²) in [4.78, 5) is 22.7. The fraction of sp³-hybridized carbons (Fsp3) is 0.0952. The average Bonchev–Trinajstić information content (AvgIpc) is 2.74. The molecule has 0 radical (unpaired) electrons. The number of nitro benzene ring substituents is 1. The summed E-state index contributed by atoms with van der Waals surface area (Å²) in [6.45, 7) is 0. The molecule has 1 N–H and O–H groups in total. The molecule has 0 aromatic heterocycles. The summed E-state index contributed by atoms with van der Waals surface area (Å²) in [5, 5.41) is 14.4. The van der Waals surface area contributed by atoms with E-state index in [4.69, 9.17) is 21.1 Å². The van der Waals surface area contributed by atoms with Gasteiger partial charge in [0.1, 0.15) is 0 Å². The number of halogens is 4. The van der Waals surface area contributed by atoms with E-state index in [9.17, 15) is 28.1 Å². The van der Waals surface area contributed by atoms with Crippen LogP contribution < -0.4 is 14.8 Å². The predicted molar refractivity (Wildman–Crippen MR) is 111 cm³/mol. The number of hydrogen-bond donors (Lipinski definition) is 1. The molecule has 0 unspecified atom stereocenters. The Hall–Kier alpha value is -3.79. The van der Waals surface area contributed by atoms with Crippen LogP contribution in [0.1, 0.15) is 15.9 Å². The van der Waals surface area contributed by atoms with Gasteiger partial charge in [0.05, 0.1) is 17.6 Å². The molecule has 1 amide bonds. The fourth-order valence-corrected chi connectivity index (χ4v) is 2.80. The van der Waals surface area contributed by atoms with Crippen LogP contribution in [0.3, 0.4) is 0 Å². The van der Waals surface area contributed by atoms with E-state index in [1.807, 2.05) is 0 Å². The van der Waals surface area contributed by atoms with Crippen molar-refractivity contribution in [1.82, 2.24) is 0 Å². The van der Waals surface area contributed by atoms with Crippen LogP contribution in [0, 0.1) is 10.1 Å². The number of amides is 1. The van der Waals surface area contributed by atoms with E-state index in [2.05, 4.69) is 5.32 Å². The lowest BCUT2D eigenvalue weighted by molar-refractivity contribution is -0.385. The van der Waals surface area contributed by atoms with E-state index in [0.717, 1.165) is 6.07 Å². The van der Waals surface area contributed by atoms with Gasteiger partial charge in [0.25, 0.3) is 5.91 Å². The Labute approximate surface area is 184 Å². The Morgan fingerprint density at radius 1 is 1.00 bits per heavy atom. The zero-order valence-electron chi connectivity index (χ0n) is 16.3. The number of nitrogens with zero attached hydrogens (tertiary/aromatic N) is 1. The van der Waals surface area contributed by atoms with Crippen LogP contribution in [0.2, 0.25) is 5.02 Å². The molecule has 0 bridgehead atoms. The highest BCUT2D eigenvalue weighted by molar-refractivity contribution is 6.30. The highest BCUT2D eigenvalue weighted by Crippen LogP contribution is 2.40. The standard InChI is InChI=1S/C21H14ClF3N2O5/c1-31-19-10-12(20(28)26-15-6-4-14(22)5-7-15)2-8-18(19)32-17-9-3-13(21(23,24)25)11-16(17)27(29)30/h2-11H,1H3,(H,26,28). The van der Waals surface area contributed by atoms with Crippen molar-refractivity contribution >= 4 is 28.9 Å². The molecule has 0 aliphatic heterocycles. The van der Waals surface area contributed by atoms with Crippen molar-refractivity contribution in [2.75, 3.05) is 12.4 Å². The van der Waals surface area contributed by atoms with E-state index in [-0.39, 0.29) is 17.1 Å². The van der Waals surface area contributed by atoms with Crippen LogP contribution in [-0.4, -0.2) is 17.9 Å². The molecule has 7 nitrogen and oxygen atoms in total. The minimum absolute atomic E-state index is 0.0293. The Balaban J connectivity index is 1.87. The van der Waals surface area contributed by atoms with Gasteiger partial charge in [0.2, 0.25) is 5.75 Å². The largest absolute Gasteiger partial charge is 0.493 e. The minimum Gasteiger partial charge on any atom is -0.493 e. The van der Waals surface area contributed by atoms with Crippen molar-refractivity contribution < 1.29 is 32.4 Å². The Kier molecular flexibility index (Phi) is 6.54. The van der Waals surface area contributed by atoms with Crippen LogP contribution in [-0.2, 0) is 6.18 Å². The number of alkyl halides is 3. The molecule has 0 saturated carbocycles. The van der Waals surface area contributed by atoms with E-state index >= 15 is 0 Å². The molecule has 0 aliphatic carbocycles. The maximum Gasteiger partial charge on any atom is 0.416 e. The number of benzene rings is 3. The third-order valence-corrected chi connectivity index (χ3v) is 4.48. The molecule has 0 fully saturated rings. The molecule has 0 aliphatic rings. The van der Waals surface area contributed by atoms with Crippen molar-refractivity contribution in [3.63, 3.8) is 0 Å². The van der Waals surface area contributed by atoms with Crippen molar-refractivity contribution in [2.45, 2.75) is 6.18 Å². The van der Waals surface area contributed by atoms with Gasteiger partial charge in [-0.1, -0.05) is 11.6 Å². The number of nitrogens with one attached hydrogen (secondary N) is 1. The summed E-state index contributed by atoms with van der Waals surface area (Å²) in [7, 11) is 1.28. The Morgan fingerprint density at radius 2 is 1.66 bits per heavy atom. The number of carbonyl (C=O) groups is 1. The molecule has 32 heavy (non-hydrogen) atoms. The van der Waals surface area contributed by atoms with Gasteiger partial charge >= 0.3 is 11.9 Å². The molecule has 3 aromatic rings. The van der Waals surface area contributed by atoms with Crippen molar-refractivity contribution in [2.24, 2.45) is 0 Å². The van der Waals surface area contributed by atoms with Crippen LogP contribution in [0.5, 0.6) is 17.2 Å². The second-order valence-electron chi connectivity index (χ2n) is 6.37. The first-order valence-electron chi connectivity index (χ1n) is 8.87. The van der Waals surface area contributed by atoms with Gasteiger partial charge in [-0.25, -0.2) is 0 Å². The molecular formula is C21H14ClF3N2O5. The number of nitro groups is 1. The SMILES string of the molecule is COc1cc(C(=O)Nc2ccc(Cl)cc2)ccc1Oc1ccc(C(F)(F)F)cc1[N+](=O)[O-]. The van der Waals surface area contributed by atoms with Gasteiger partial charge in [-0.15, -0.1) is 0 Å². The van der Waals surface area contributed by atoms with Crippen LogP contribution in [0.25, 0.3) is 0 Å². The van der Waals surface area contributed by atoms with E-state index in [0.29, 0.717) is 22.8 Å². The van der Waals surface area contributed by atoms with Gasteiger partial charge in [0, 0.05) is 22.3 Å². The number of rotatable bonds is 6. The van der Waals surface area contributed by atoms with Crippen LogP contribution in [0.4, 0.5) is 24.5 Å². The lowest BCUT2D eigenvalue weighted by Crippen LogP contribution is -2.12. The lowest BCUT2D eigenvalue weighted by Gasteiger charge is -2.13. The van der Waals surface area contributed by atoms with Gasteiger partial charge in [-0.05, 0) is 54.6 Å². The topological polar surface area (TPSA) is 90.7 Å². The number of hydrogen-bond acceptors (Lipinski definition) is 5. The normalized spacial score (nSPS) is 11.0. The zero-order valence-corrected chi connectivity index (χ0v) is 17.0. The highest BCUT2D eigenvalue weighted by Gasteiger charge is 2.33. The van der Waals surface area contributed by atoms with Crippen molar-refractivity contribution in [1.29, 1.82) is 0 Å². The van der Waals surface area contributed by atoms with E-state index in [1.54, 1.807) is 24.3 Å². The van der Waals surface area contributed by atoms with Crippen LogP contribution in [0.15, 0.2) is 60.7 Å². The van der Waals surface area contributed by atoms with Crippen molar-refractivity contribution in [3.8, 4) is 17.2 Å². The molecule has 3 rings (SSSR count). The van der Waals surface area contributed by atoms with Crippen LogP contribution >= 0.6 is 11.6 Å². The molecule has 0 spiro atoms. The number of carbonyl (C=O) groups excluding carboxylic acids is 1. The van der Waals surface area contributed by atoms with Gasteiger partial charge < -0.3 is 14.8 Å². The molecule has 0 heterocycles. The maximum atomic E-state index is 12.9. The summed E-state index contributed by atoms with van der Waals surface area (Å²) in [5.41, 5.74) is -1.37. The maximum absolute atomic E-state index is 12.9. The first-order chi connectivity index (χ1) is 15.1. The van der Waals surface area contributed by atoms with Crippen molar-refractivity contribution in [3.05, 3.63) is 86.9 Å². The molecule has 166 valence electrons. The monoisotopic (exact) mass is 466 g/mol. The average molecular weight is 467 g/mol.